The van der Waals surface area contributed by atoms with E-state index in [-0.39, 0.29) is 0 Å². The molecule has 0 bridgehead atoms. The SMILES string of the molecule is CCc1nn(C)cc1C1C(CN)CCN1C(C)C. The molecule has 1 aliphatic rings. The molecule has 18 heavy (non-hydrogen) atoms. The summed E-state index contributed by atoms with van der Waals surface area (Å²) in [6.07, 6.45) is 4.39. The molecule has 0 aromatic carbocycles. The number of nitrogens with two attached hydrogens (primary N) is 1. The summed E-state index contributed by atoms with van der Waals surface area (Å²) in [4.78, 5) is 2.58. The predicted molar refractivity (Wildman–Crippen MR) is 74.3 cm³/mol. The first-order chi connectivity index (χ1) is 8.58. The van der Waals surface area contributed by atoms with Gasteiger partial charge in [-0.25, -0.2) is 0 Å². The Morgan fingerprint density at radius 2 is 2.22 bits per heavy atom. The largest absolute Gasteiger partial charge is 0.330 e. The summed E-state index contributed by atoms with van der Waals surface area (Å²) in [6, 6.07) is 1.02. The van der Waals surface area contributed by atoms with Crippen LogP contribution >= 0.6 is 0 Å². The Balaban J connectivity index is 2.36. The van der Waals surface area contributed by atoms with Crippen molar-refractivity contribution in [3.8, 4) is 0 Å². The number of aryl methyl sites for hydroxylation is 2. The van der Waals surface area contributed by atoms with Gasteiger partial charge in [-0.3, -0.25) is 9.58 Å². The fraction of sp³-hybridized carbons (Fsp3) is 0.786. The van der Waals surface area contributed by atoms with E-state index >= 15 is 0 Å². The molecule has 102 valence electrons. The van der Waals surface area contributed by atoms with Crippen LogP contribution in [0.1, 0.15) is 44.5 Å². The van der Waals surface area contributed by atoms with Gasteiger partial charge >= 0.3 is 0 Å². The minimum atomic E-state index is 0.457. The van der Waals surface area contributed by atoms with Crippen LogP contribution in [0.5, 0.6) is 0 Å². The molecule has 0 aliphatic carbocycles. The number of likely N-dealkylation sites (tertiary alicyclic amines) is 1. The normalized spacial score (nSPS) is 25.2. The van der Waals surface area contributed by atoms with Crippen molar-refractivity contribution in [1.82, 2.24) is 14.7 Å². The maximum absolute atomic E-state index is 5.97. The second-order valence-corrected chi connectivity index (χ2v) is 5.62. The Bertz CT molecular complexity index is 396. The third-order valence-corrected chi connectivity index (χ3v) is 4.12. The van der Waals surface area contributed by atoms with Crippen LogP contribution in [0.2, 0.25) is 0 Å². The van der Waals surface area contributed by atoms with Crippen molar-refractivity contribution in [2.75, 3.05) is 13.1 Å². The molecule has 0 spiro atoms. The molecule has 4 nitrogen and oxygen atoms in total. The summed E-state index contributed by atoms with van der Waals surface area (Å²) in [5, 5.41) is 4.59. The summed E-state index contributed by atoms with van der Waals surface area (Å²) in [5.41, 5.74) is 8.59. The minimum Gasteiger partial charge on any atom is -0.330 e. The van der Waals surface area contributed by atoms with Gasteiger partial charge in [0, 0.05) is 30.9 Å². The topological polar surface area (TPSA) is 47.1 Å². The molecule has 0 amide bonds. The molecule has 4 heteroatoms. The van der Waals surface area contributed by atoms with E-state index in [1.165, 1.54) is 17.7 Å². The molecule has 1 saturated heterocycles. The number of nitrogens with zero attached hydrogens (tertiary/aromatic N) is 3. The van der Waals surface area contributed by atoms with Crippen molar-refractivity contribution >= 4 is 0 Å². The lowest BCUT2D eigenvalue weighted by atomic mass is 9.93. The van der Waals surface area contributed by atoms with Crippen molar-refractivity contribution in [3.05, 3.63) is 17.5 Å². The van der Waals surface area contributed by atoms with Crippen LogP contribution in [-0.4, -0.2) is 33.8 Å². The Hall–Kier alpha value is -0.870. The first-order valence-corrected chi connectivity index (χ1v) is 7.06. The molecule has 2 unspecified atom stereocenters. The molecule has 0 radical (unpaired) electrons. The Morgan fingerprint density at radius 3 is 2.78 bits per heavy atom. The average Bonchev–Trinajstić information content (AvgIpc) is 2.90. The van der Waals surface area contributed by atoms with Crippen LogP contribution < -0.4 is 5.73 Å². The van der Waals surface area contributed by atoms with Gasteiger partial charge in [0.15, 0.2) is 0 Å². The lowest BCUT2D eigenvalue weighted by Crippen LogP contribution is -2.33. The van der Waals surface area contributed by atoms with Crippen molar-refractivity contribution in [2.24, 2.45) is 18.7 Å². The summed E-state index contributed by atoms with van der Waals surface area (Å²) < 4.78 is 1.94. The van der Waals surface area contributed by atoms with E-state index in [0.717, 1.165) is 19.5 Å². The second kappa shape index (κ2) is 5.41. The maximum atomic E-state index is 5.97. The van der Waals surface area contributed by atoms with Crippen LogP contribution in [0.4, 0.5) is 0 Å². The smallest absolute Gasteiger partial charge is 0.0669 e. The van der Waals surface area contributed by atoms with Gasteiger partial charge in [-0.15, -0.1) is 0 Å². The van der Waals surface area contributed by atoms with Gasteiger partial charge in [0.2, 0.25) is 0 Å². The molecule has 1 aromatic rings. The number of hydrogen-bond donors (Lipinski definition) is 1. The Labute approximate surface area is 110 Å². The maximum Gasteiger partial charge on any atom is 0.0669 e. The van der Waals surface area contributed by atoms with E-state index in [9.17, 15) is 0 Å². The van der Waals surface area contributed by atoms with Gasteiger partial charge < -0.3 is 5.73 Å². The number of rotatable bonds is 4. The van der Waals surface area contributed by atoms with Crippen LogP contribution in [-0.2, 0) is 13.5 Å². The van der Waals surface area contributed by atoms with E-state index < -0.39 is 0 Å². The molecular weight excluding hydrogens is 224 g/mol. The van der Waals surface area contributed by atoms with Crippen LogP contribution in [0, 0.1) is 5.92 Å². The van der Waals surface area contributed by atoms with Gasteiger partial charge in [-0.2, -0.15) is 5.10 Å². The zero-order valence-electron chi connectivity index (χ0n) is 12.1. The monoisotopic (exact) mass is 250 g/mol. The molecule has 2 N–H and O–H groups in total. The summed E-state index contributed by atoms with van der Waals surface area (Å²) in [5.74, 6) is 0.571. The predicted octanol–water partition coefficient (Wildman–Crippen LogP) is 1.71. The molecule has 1 aromatic heterocycles. The molecule has 1 fully saturated rings. The van der Waals surface area contributed by atoms with E-state index in [4.69, 9.17) is 5.73 Å². The van der Waals surface area contributed by atoms with Crippen LogP contribution in [0.3, 0.4) is 0 Å². The standard InChI is InChI=1S/C14H26N4/c1-5-13-12(9-17(4)16-13)14-11(8-15)6-7-18(14)10(2)3/h9-11,14H,5-8,15H2,1-4H3. The highest BCUT2D eigenvalue weighted by molar-refractivity contribution is 5.24. The minimum absolute atomic E-state index is 0.457. The third kappa shape index (κ3) is 2.31. The quantitative estimate of drug-likeness (QED) is 0.885. The van der Waals surface area contributed by atoms with Crippen LogP contribution in [0.25, 0.3) is 0 Å². The highest BCUT2D eigenvalue weighted by Crippen LogP contribution is 2.39. The zero-order chi connectivity index (χ0) is 13.3. The van der Waals surface area contributed by atoms with E-state index in [1.807, 2.05) is 11.7 Å². The number of aromatic nitrogens is 2. The molecule has 1 aliphatic heterocycles. The van der Waals surface area contributed by atoms with Gasteiger partial charge in [-0.1, -0.05) is 6.92 Å². The average molecular weight is 250 g/mol. The number of hydrogen-bond acceptors (Lipinski definition) is 3. The van der Waals surface area contributed by atoms with Gasteiger partial charge in [0.05, 0.1) is 5.69 Å². The first kappa shape index (κ1) is 13.6. The van der Waals surface area contributed by atoms with Gasteiger partial charge in [-0.05, 0) is 45.7 Å². The van der Waals surface area contributed by atoms with E-state index in [2.05, 4.69) is 37.0 Å². The van der Waals surface area contributed by atoms with Gasteiger partial charge in [0.25, 0.3) is 0 Å². The summed E-state index contributed by atoms with van der Waals surface area (Å²) >= 11 is 0. The fourth-order valence-electron chi connectivity index (χ4n) is 3.22. The Kier molecular flexibility index (Phi) is 4.07. The zero-order valence-corrected chi connectivity index (χ0v) is 12.1. The van der Waals surface area contributed by atoms with E-state index in [0.29, 0.717) is 18.0 Å². The third-order valence-electron chi connectivity index (χ3n) is 4.12. The van der Waals surface area contributed by atoms with E-state index in [1.54, 1.807) is 0 Å². The Morgan fingerprint density at radius 1 is 1.50 bits per heavy atom. The van der Waals surface area contributed by atoms with Crippen molar-refractivity contribution in [1.29, 1.82) is 0 Å². The molecule has 2 heterocycles. The first-order valence-electron chi connectivity index (χ1n) is 7.06. The van der Waals surface area contributed by atoms with Gasteiger partial charge in [0.1, 0.15) is 0 Å². The lowest BCUT2D eigenvalue weighted by Gasteiger charge is -2.31. The lowest BCUT2D eigenvalue weighted by molar-refractivity contribution is 0.184. The highest BCUT2D eigenvalue weighted by Gasteiger charge is 2.37. The molecule has 0 saturated carbocycles. The van der Waals surface area contributed by atoms with Crippen molar-refractivity contribution in [3.63, 3.8) is 0 Å². The molecule has 2 atom stereocenters. The summed E-state index contributed by atoms with van der Waals surface area (Å²) in [7, 11) is 2.01. The summed E-state index contributed by atoms with van der Waals surface area (Å²) in [6.45, 7) is 8.65. The molecule has 2 rings (SSSR count). The highest BCUT2D eigenvalue weighted by atomic mass is 15.3. The van der Waals surface area contributed by atoms with Crippen molar-refractivity contribution < 1.29 is 0 Å². The molecular formula is C14H26N4. The van der Waals surface area contributed by atoms with Crippen molar-refractivity contribution in [2.45, 2.75) is 45.7 Å². The second-order valence-electron chi connectivity index (χ2n) is 5.62. The fourth-order valence-corrected chi connectivity index (χ4v) is 3.22. The van der Waals surface area contributed by atoms with Crippen LogP contribution in [0.15, 0.2) is 6.20 Å².